The van der Waals surface area contributed by atoms with Gasteiger partial charge in [-0.15, -0.1) is 11.3 Å². The standard InChI is InChI=1S/C16H23NO3S/c1-16(2,3)20-11-15(19)17(4)10-13-9-14(21-12-13)7-5-6-8-18/h9,12,18H,6,8,10-11H2,1-4H3. The van der Waals surface area contributed by atoms with Crippen LogP contribution in [0.25, 0.3) is 0 Å². The van der Waals surface area contributed by atoms with E-state index in [-0.39, 0.29) is 24.7 Å². The Hall–Kier alpha value is -1.35. The number of amides is 1. The molecule has 0 aromatic carbocycles. The van der Waals surface area contributed by atoms with Crippen LogP contribution < -0.4 is 0 Å². The first-order valence-corrected chi connectivity index (χ1v) is 7.75. The van der Waals surface area contributed by atoms with Crippen molar-refractivity contribution in [2.24, 2.45) is 0 Å². The number of carbonyl (C=O) groups excluding carboxylic acids is 1. The van der Waals surface area contributed by atoms with E-state index >= 15 is 0 Å². The van der Waals surface area contributed by atoms with Crippen molar-refractivity contribution in [1.82, 2.24) is 4.90 Å². The molecule has 5 heteroatoms. The highest BCUT2D eigenvalue weighted by Crippen LogP contribution is 2.15. The molecular formula is C16H23NO3S. The van der Waals surface area contributed by atoms with Gasteiger partial charge in [0.05, 0.1) is 17.1 Å². The summed E-state index contributed by atoms with van der Waals surface area (Å²) < 4.78 is 5.49. The predicted octanol–water partition coefficient (Wildman–Crippen LogP) is 2.26. The second kappa shape index (κ2) is 8.18. The van der Waals surface area contributed by atoms with Gasteiger partial charge in [-0.05, 0) is 37.8 Å². The van der Waals surface area contributed by atoms with Gasteiger partial charge in [-0.25, -0.2) is 0 Å². The Bertz CT molecular complexity index is 520. The number of rotatable bonds is 5. The van der Waals surface area contributed by atoms with Crippen molar-refractivity contribution < 1.29 is 14.6 Å². The van der Waals surface area contributed by atoms with Gasteiger partial charge in [-0.1, -0.05) is 11.8 Å². The molecule has 0 saturated heterocycles. The fourth-order valence-electron chi connectivity index (χ4n) is 1.48. The van der Waals surface area contributed by atoms with E-state index in [1.165, 1.54) is 0 Å². The van der Waals surface area contributed by atoms with Gasteiger partial charge < -0.3 is 14.7 Å². The van der Waals surface area contributed by atoms with Crippen molar-refractivity contribution in [3.05, 3.63) is 21.9 Å². The fourth-order valence-corrected chi connectivity index (χ4v) is 2.25. The van der Waals surface area contributed by atoms with E-state index in [1.807, 2.05) is 32.2 Å². The zero-order valence-corrected chi connectivity index (χ0v) is 13.9. The summed E-state index contributed by atoms with van der Waals surface area (Å²) in [6.07, 6.45) is 0.482. The van der Waals surface area contributed by atoms with Crippen LogP contribution in [-0.2, 0) is 16.1 Å². The molecule has 1 amide bonds. The molecule has 0 radical (unpaired) electrons. The normalized spacial score (nSPS) is 10.9. The summed E-state index contributed by atoms with van der Waals surface area (Å²) in [5, 5.41) is 10.7. The highest BCUT2D eigenvalue weighted by atomic mass is 32.1. The first-order valence-electron chi connectivity index (χ1n) is 6.87. The van der Waals surface area contributed by atoms with Gasteiger partial charge in [0.15, 0.2) is 0 Å². The number of carbonyl (C=O) groups is 1. The number of thiophene rings is 1. The minimum absolute atomic E-state index is 0.0379. The third-order valence-corrected chi connectivity index (χ3v) is 3.47. The molecule has 1 aromatic rings. The molecule has 0 aliphatic heterocycles. The summed E-state index contributed by atoms with van der Waals surface area (Å²) in [6.45, 7) is 6.50. The number of ether oxygens (including phenoxy) is 1. The van der Waals surface area contributed by atoms with E-state index in [2.05, 4.69) is 11.8 Å². The Balaban J connectivity index is 2.49. The van der Waals surface area contributed by atoms with Gasteiger partial charge in [0.2, 0.25) is 5.91 Å². The zero-order chi connectivity index (χ0) is 15.9. The number of likely N-dealkylation sites (N-methyl/N-ethyl adjacent to an activating group) is 1. The van der Waals surface area contributed by atoms with E-state index in [4.69, 9.17) is 9.84 Å². The van der Waals surface area contributed by atoms with Gasteiger partial charge in [0.25, 0.3) is 0 Å². The maximum atomic E-state index is 12.0. The number of nitrogens with zero attached hydrogens (tertiary/aromatic N) is 1. The van der Waals surface area contributed by atoms with E-state index in [0.717, 1.165) is 10.4 Å². The lowest BCUT2D eigenvalue weighted by molar-refractivity contribution is -0.140. The Morgan fingerprint density at radius 1 is 1.48 bits per heavy atom. The Kier molecular flexibility index (Phi) is 6.90. The van der Waals surface area contributed by atoms with Crippen molar-refractivity contribution in [1.29, 1.82) is 0 Å². The van der Waals surface area contributed by atoms with E-state index in [1.54, 1.807) is 23.3 Å². The van der Waals surface area contributed by atoms with Crippen LogP contribution in [0.5, 0.6) is 0 Å². The van der Waals surface area contributed by atoms with Gasteiger partial charge in [-0.2, -0.15) is 0 Å². The molecule has 0 aliphatic rings. The summed E-state index contributed by atoms with van der Waals surface area (Å²) in [5.41, 5.74) is 0.744. The summed E-state index contributed by atoms with van der Waals surface area (Å²) in [5.74, 6) is 5.84. The van der Waals surface area contributed by atoms with Crippen LogP contribution in [0.4, 0.5) is 0 Å². The fraction of sp³-hybridized carbons (Fsp3) is 0.562. The van der Waals surface area contributed by atoms with Crippen LogP contribution in [0.15, 0.2) is 11.4 Å². The van der Waals surface area contributed by atoms with Gasteiger partial charge in [-0.3, -0.25) is 4.79 Å². The first-order chi connectivity index (χ1) is 9.81. The molecule has 1 rings (SSSR count). The lowest BCUT2D eigenvalue weighted by Crippen LogP contribution is -2.33. The van der Waals surface area contributed by atoms with Crippen molar-refractivity contribution in [3.63, 3.8) is 0 Å². The van der Waals surface area contributed by atoms with E-state index in [0.29, 0.717) is 13.0 Å². The van der Waals surface area contributed by atoms with Crippen LogP contribution in [-0.4, -0.2) is 41.8 Å². The molecule has 0 spiro atoms. The lowest BCUT2D eigenvalue weighted by atomic mass is 10.2. The smallest absolute Gasteiger partial charge is 0.248 e. The van der Waals surface area contributed by atoms with E-state index < -0.39 is 0 Å². The summed E-state index contributed by atoms with van der Waals surface area (Å²) in [4.78, 5) is 14.6. The number of aliphatic hydroxyl groups is 1. The molecule has 1 heterocycles. The van der Waals surface area contributed by atoms with Crippen LogP contribution in [0.3, 0.4) is 0 Å². The van der Waals surface area contributed by atoms with Crippen LogP contribution in [0.2, 0.25) is 0 Å². The topological polar surface area (TPSA) is 49.8 Å². The van der Waals surface area contributed by atoms with Gasteiger partial charge >= 0.3 is 0 Å². The maximum Gasteiger partial charge on any atom is 0.248 e. The van der Waals surface area contributed by atoms with Gasteiger partial charge in [0, 0.05) is 20.0 Å². The zero-order valence-electron chi connectivity index (χ0n) is 13.1. The molecule has 0 saturated carbocycles. The van der Waals surface area contributed by atoms with Crippen LogP contribution >= 0.6 is 11.3 Å². The van der Waals surface area contributed by atoms with Crippen LogP contribution in [0.1, 0.15) is 37.6 Å². The Labute approximate surface area is 130 Å². The van der Waals surface area contributed by atoms with Gasteiger partial charge in [0.1, 0.15) is 6.61 Å². The average molecular weight is 309 g/mol. The predicted molar refractivity (Wildman–Crippen MR) is 85.1 cm³/mol. The average Bonchev–Trinajstić information content (AvgIpc) is 2.83. The molecule has 0 fully saturated rings. The van der Waals surface area contributed by atoms with Crippen LogP contribution in [0, 0.1) is 11.8 Å². The number of hydrogen-bond acceptors (Lipinski definition) is 4. The highest BCUT2D eigenvalue weighted by Gasteiger charge is 2.16. The molecule has 4 nitrogen and oxygen atoms in total. The Morgan fingerprint density at radius 2 is 2.19 bits per heavy atom. The highest BCUT2D eigenvalue weighted by molar-refractivity contribution is 7.10. The largest absolute Gasteiger partial charge is 0.395 e. The summed E-state index contributed by atoms with van der Waals surface area (Å²) >= 11 is 1.55. The minimum Gasteiger partial charge on any atom is -0.395 e. The molecule has 0 atom stereocenters. The van der Waals surface area contributed by atoms with Crippen molar-refractivity contribution in [3.8, 4) is 11.8 Å². The molecule has 0 aliphatic carbocycles. The quantitative estimate of drug-likeness (QED) is 0.849. The molecule has 0 unspecified atom stereocenters. The second-order valence-electron chi connectivity index (χ2n) is 5.75. The van der Waals surface area contributed by atoms with E-state index in [9.17, 15) is 4.79 Å². The molecule has 116 valence electrons. The second-order valence-corrected chi connectivity index (χ2v) is 6.66. The number of hydrogen-bond donors (Lipinski definition) is 1. The molecular weight excluding hydrogens is 286 g/mol. The third-order valence-electron chi connectivity index (χ3n) is 2.58. The third kappa shape index (κ3) is 7.28. The maximum absolute atomic E-state index is 12.0. The molecule has 1 aromatic heterocycles. The Morgan fingerprint density at radius 3 is 2.81 bits per heavy atom. The van der Waals surface area contributed by atoms with Crippen molar-refractivity contribution >= 4 is 17.2 Å². The molecule has 0 bridgehead atoms. The SMILES string of the molecule is CN(Cc1csc(C#CCCO)c1)C(=O)COC(C)(C)C. The minimum atomic E-state index is -0.311. The monoisotopic (exact) mass is 309 g/mol. The van der Waals surface area contributed by atoms with Crippen molar-refractivity contribution in [2.45, 2.75) is 39.3 Å². The summed E-state index contributed by atoms with van der Waals surface area (Å²) in [6, 6.07) is 1.98. The first kappa shape index (κ1) is 17.7. The van der Waals surface area contributed by atoms with Crippen molar-refractivity contribution in [2.75, 3.05) is 20.3 Å². The molecule has 21 heavy (non-hydrogen) atoms. The lowest BCUT2D eigenvalue weighted by Gasteiger charge is -2.22. The summed E-state index contributed by atoms with van der Waals surface area (Å²) in [7, 11) is 1.77. The number of aliphatic hydroxyl groups excluding tert-OH is 1. The molecule has 1 N–H and O–H groups in total.